The molecule has 0 aromatic carbocycles. The molecular formula is C12H23N. The molecular weight excluding hydrogens is 158 g/mol. The lowest BCUT2D eigenvalue weighted by Crippen LogP contribution is -2.48. The minimum Gasteiger partial charge on any atom is -0.316 e. The lowest BCUT2D eigenvalue weighted by molar-refractivity contribution is 0.156. The smallest absolute Gasteiger partial charge is 0.000240 e. The summed E-state index contributed by atoms with van der Waals surface area (Å²) in [7, 11) is 0. The number of rotatable bonds is 3. The van der Waals surface area contributed by atoms with Crippen LogP contribution in [0.15, 0.2) is 12.2 Å². The lowest BCUT2D eigenvalue weighted by atomic mass is 9.71. The second kappa shape index (κ2) is 4.28. The van der Waals surface area contributed by atoms with Gasteiger partial charge in [-0.25, -0.2) is 0 Å². The molecule has 1 atom stereocenters. The van der Waals surface area contributed by atoms with Crippen LogP contribution in [0.5, 0.6) is 0 Å². The van der Waals surface area contributed by atoms with Crippen molar-refractivity contribution in [2.24, 2.45) is 17.3 Å². The van der Waals surface area contributed by atoms with Crippen LogP contribution in [0.2, 0.25) is 0 Å². The normalized spacial score (nSPS) is 21.8. The van der Waals surface area contributed by atoms with Gasteiger partial charge in [0.1, 0.15) is 0 Å². The van der Waals surface area contributed by atoms with Crippen LogP contribution in [0.3, 0.4) is 0 Å². The van der Waals surface area contributed by atoms with Crippen molar-refractivity contribution in [3.05, 3.63) is 12.2 Å². The number of nitrogens with one attached hydrogen (secondary N) is 1. The van der Waals surface area contributed by atoms with E-state index in [0.29, 0.717) is 5.41 Å². The molecule has 1 saturated heterocycles. The molecule has 0 aromatic heterocycles. The van der Waals surface area contributed by atoms with Crippen LogP contribution in [-0.2, 0) is 0 Å². The lowest BCUT2D eigenvalue weighted by Gasteiger charge is -2.40. The van der Waals surface area contributed by atoms with E-state index in [9.17, 15) is 0 Å². The van der Waals surface area contributed by atoms with E-state index in [-0.39, 0.29) is 0 Å². The fourth-order valence-corrected chi connectivity index (χ4v) is 2.00. The Balaban J connectivity index is 2.58. The van der Waals surface area contributed by atoms with Gasteiger partial charge in [0.15, 0.2) is 0 Å². The summed E-state index contributed by atoms with van der Waals surface area (Å²) in [6, 6.07) is 0. The molecule has 0 amide bonds. The summed E-state index contributed by atoms with van der Waals surface area (Å²) < 4.78 is 0. The molecule has 1 heteroatoms. The van der Waals surface area contributed by atoms with Gasteiger partial charge in [-0.1, -0.05) is 39.8 Å². The third kappa shape index (κ3) is 2.84. The zero-order chi connectivity index (χ0) is 9.90. The Kier molecular flexibility index (Phi) is 3.55. The van der Waals surface area contributed by atoms with Crippen LogP contribution >= 0.6 is 0 Å². The first-order chi connectivity index (χ1) is 6.05. The maximum Gasteiger partial charge on any atom is -0.000240 e. The third-order valence-electron chi connectivity index (χ3n) is 2.90. The Morgan fingerprint density at radius 2 is 2.00 bits per heavy atom. The molecule has 1 fully saturated rings. The summed E-state index contributed by atoms with van der Waals surface area (Å²) in [5, 5.41) is 3.36. The van der Waals surface area contributed by atoms with Crippen LogP contribution < -0.4 is 5.32 Å². The highest BCUT2D eigenvalue weighted by molar-refractivity contribution is 5.00. The molecule has 0 saturated carbocycles. The Morgan fingerprint density at radius 1 is 1.38 bits per heavy atom. The van der Waals surface area contributed by atoms with Gasteiger partial charge >= 0.3 is 0 Å². The summed E-state index contributed by atoms with van der Waals surface area (Å²) >= 11 is 0. The van der Waals surface area contributed by atoms with Crippen molar-refractivity contribution in [2.75, 3.05) is 13.1 Å². The number of hydrogen-bond donors (Lipinski definition) is 1. The highest BCUT2D eigenvalue weighted by atomic mass is 15.0. The van der Waals surface area contributed by atoms with Gasteiger partial charge in [0.2, 0.25) is 0 Å². The van der Waals surface area contributed by atoms with Crippen molar-refractivity contribution in [2.45, 2.75) is 34.1 Å². The van der Waals surface area contributed by atoms with E-state index < -0.39 is 0 Å². The zero-order valence-corrected chi connectivity index (χ0v) is 9.43. The molecule has 1 heterocycles. The average Bonchev–Trinajstić information content (AvgIpc) is 1.91. The third-order valence-corrected chi connectivity index (χ3v) is 2.90. The van der Waals surface area contributed by atoms with Gasteiger partial charge in [-0.2, -0.15) is 0 Å². The highest BCUT2D eigenvalue weighted by Gasteiger charge is 2.33. The van der Waals surface area contributed by atoms with Gasteiger partial charge in [-0.15, -0.1) is 0 Å². The van der Waals surface area contributed by atoms with E-state index in [4.69, 9.17) is 0 Å². The fourth-order valence-electron chi connectivity index (χ4n) is 2.00. The van der Waals surface area contributed by atoms with Gasteiger partial charge in [0, 0.05) is 0 Å². The minimum absolute atomic E-state index is 0.415. The van der Waals surface area contributed by atoms with Gasteiger partial charge < -0.3 is 5.32 Å². The topological polar surface area (TPSA) is 12.0 Å². The minimum atomic E-state index is 0.415. The van der Waals surface area contributed by atoms with E-state index >= 15 is 0 Å². The molecule has 0 spiro atoms. The fraction of sp³-hybridized carbons (Fsp3) is 0.833. The summed E-state index contributed by atoms with van der Waals surface area (Å²) in [6.07, 6.45) is 5.90. The van der Waals surface area contributed by atoms with E-state index in [1.807, 2.05) is 0 Å². The second-order valence-corrected chi connectivity index (χ2v) is 5.15. The van der Waals surface area contributed by atoms with Crippen LogP contribution in [0.1, 0.15) is 34.1 Å². The summed E-state index contributed by atoms with van der Waals surface area (Å²) in [5.74, 6) is 1.61. The Bertz CT molecular complexity index is 172. The Morgan fingerprint density at radius 3 is 2.31 bits per heavy atom. The molecule has 1 aliphatic rings. The van der Waals surface area contributed by atoms with Gasteiger partial charge in [0.25, 0.3) is 0 Å². The van der Waals surface area contributed by atoms with Crippen molar-refractivity contribution in [1.29, 1.82) is 0 Å². The quantitative estimate of drug-likeness (QED) is 0.660. The second-order valence-electron chi connectivity index (χ2n) is 5.15. The molecule has 0 aromatic rings. The van der Waals surface area contributed by atoms with Crippen LogP contribution in [-0.4, -0.2) is 13.1 Å². The number of allylic oxidation sites excluding steroid dienone is 2. The van der Waals surface area contributed by atoms with E-state index in [1.54, 1.807) is 0 Å². The predicted molar refractivity (Wildman–Crippen MR) is 58.7 cm³/mol. The Labute approximate surface area is 82.6 Å². The molecule has 76 valence electrons. The standard InChI is InChI=1S/C12H23N/c1-5-6-7-11(12(2,3)4)10-8-13-9-10/h6-7,10-11,13H,5,8-9H2,1-4H3/b7-6+. The van der Waals surface area contributed by atoms with Crippen LogP contribution in [0.25, 0.3) is 0 Å². The molecule has 0 bridgehead atoms. The monoisotopic (exact) mass is 181 g/mol. The molecule has 1 unspecified atom stereocenters. The van der Waals surface area contributed by atoms with E-state index in [2.05, 4.69) is 45.2 Å². The molecule has 13 heavy (non-hydrogen) atoms. The Hall–Kier alpha value is -0.300. The first-order valence-electron chi connectivity index (χ1n) is 5.43. The molecule has 0 radical (unpaired) electrons. The maximum absolute atomic E-state index is 3.36. The highest BCUT2D eigenvalue weighted by Crippen LogP contribution is 2.35. The van der Waals surface area contributed by atoms with Crippen molar-refractivity contribution < 1.29 is 0 Å². The largest absolute Gasteiger partial charge is 0.316 e. The van der Waals surface area contributed by atoms with Crippen LogP contribution in [0.4, 0.5) is 0 Å². The van der Waals surface area contributed by atoms with Crippen molar-refractivity contribution in [1.82, 2.24) is 5.32 Å². The first-order valence-corrected chi connectivity index (χ1v) is 5.43. The molecule has 0 aliphatic carbocycles. The summed E-state index contributed by atoms with van der Waals surface area (Å²) in [5.41, 5.74) is 0.415. The van der Waals surface area contributed by atoms with Crippen LogP contribution in [0, 0.1) is 17.3 Å². The van der Waals surface area contributed by atoms with Crippen molar-refractivity contribution in [3.8, 4) is 0 Å². The summed E-state index contributed by atoms with van der Waals surface area (Å²) in [6.45, 7) is 11.6. The van der Waals surface area contributed by atoms with Gasteiger partial charge in [-0.05, 0) is 36.8 Å². The predicted octanol–water partition coefficient (Wildman–Crippen LogP) is 2.83. The maximum atomic E-state index is 3.36. The van der Waals surface area contributed by atoms with Crippen molar-refractivity contribution in [3.63, 3.8) is 0 Å². The van der Waals surface area contributed by atoms with Gasteiger partial charge in [0.05, 0.1) is 0 Å². The SMILES string of the molecule is CC/C=C/C(C1CNC1)C(C)(C)C. The van der Waals surface area contributed by atoms with E-state index in [1.165, 1.54) is 13.1 Å². The molecule has 1 aliphatic heterocycles. The molecule has 1 N–H and O–H groups in total. The number of hydrogen-bond acceptors (Lipinski definition) is 1. The molecule has 1 rings (SSSR count). The van der Waals surface area contributed by atoms with Crippen molar-refractivity contribution >= 4 is 0 Å². The van der Waals surface area contributed by atoms with Gasteiger partial charge in [-0.3, -0.25) is 0 Å². The first kappa shape index (κ1) is 10.8. The zero-order valence-electron chi connectivity index (χ0n) is 9.43. The van der Waals surface area contributed by atoms with E-state index in [0.717, 1.165) is 18.3 Å². The summed E-state index contributed by atoms with van der Waals surface area (Å²) in [4.78, 5) is 0. The molecule has 1 nitrogen and oxygen atoms in total. The average molecular weight is 181 g/mol.